The van der Waals surface area contributed by atoms with Gasteiger partial charge in [-0.3, -0.25) is 0 Å². The normalized spacial score (nSPS) is 11.0. The Morgan fingerprint density at radius 1 is 0.714 bits per heavy atom. The molecule has 2 heteroatoms. The molecule has 0 unspecified atom stereocenters. The van der Waals surface area contributed by atoms with Crippen LogP contribution in [0, 0.1) is 0 Å². The molecule has 0 spiro atoms. The molecule has 3 aromatic carbocycles. The lowest BCUT2D eigenvalue weighted by Crippen LogP contribution is -2.31. The zero-order valence-corrected chi connectivity index (χ0v) is 15.8. The van der Waals surface area contributed by atoms with Gasteiger partial charge in [0, 0.05) is 11.6 Å². The lowest BCUT2D eigenvalue weighted by atomic mass is 9.98. The Hall–Kier alpha value is -3.65. The molecule has 0 fully saturated rings. The Balaban J connectivity index is 1.84. The average Bonchev–Trinajstić information content (AvgIpc) is 2.75. The number of pyridine rings is 1. The summed E-state index contributed by atoms with van der Waals surface area (Å²) in [5, 5.41) is 9.50. The van der Waals surface area contributed by atoms with E-state index in [2.05, 4.69) is 84.6 Å². The minimum Gasteiger partial charge on any atom is -0.508 e. The quantitative estimate of drug-likeness (QED) is 0.460. The highest BCUT2D eigenvalue weighted by atomic mass is 16.3. The predicted molar refractivity (Wildman–Crippen MR) is 116 cm³/mol. The highest BCUT2D eigenvalue weighted by Gasteiger charge is 2.15. The topological polar surface area (TPSA) is 24.1 Å². The Labute approximate surface area is 165 Å². The van der Waals surface area contributed by atoms with Crippen molar-refractivity contribution in [1.82, 2.24) is 0 Å². The molecule has 4 aromatic rings. The molecule has 4 rings (SSSR count). The van der Waals surface area contributed by atoms with Crippen molar-refractivity contribution in [3.8, 4) is 28.1 Å². The number of aryl methyl sites for hydroxylation is 1. The van der Waals surface area contributed by atoms with Crippen LogP contribution < -0.4 is 4.57 Å². The molecular weight excluding hydrogens is 342 g/mol. The lowest BCUT2D eigenvalue weighted by Gasteiger charge is -2.09. The third-order valence-corrected chi connectivity index (χ3v) is 4.81. The fourth-order valence-corrected chi connectivity index (χ4v) is 3.33. The van der Waals surface area contributed by atoms with Crippen LogP contribution >= 0.6 is 0 Å². The zero-order chi connectivity index (χ0) is 19.3. The minimum absolute atomic E-state index is 0.278. The summed E-state index contributed by atoms with van der Waals surface area (Å²) in [6.07, 6.45) is 6.41. The molecule has 0 amide bonds. The van der Waals surface area contributed by atoms with Crippen molar-refractivity contribution in [2.75, 3.05) is 0 Å². The maximum Gasteiger partial charge on any atom is 0.212 e. The van der Waals surface area contributed by atoms with E-state index >= 15 is 0 Å². The van der Waals surface area contributed by atoms with Crippen molar-refractivity contribution in [3.05, 3.63) is 108 Å². The van der Waals surface area contributed by atoms with Gasteiger partial charge in [0.2, 0.25) is 5.69 Å². The van der Waals surface area contributed by atoms with E-state index in [9.17, 15) is 5.11 Å². The molecule has 136 valence electrons. The van der Waals surface area contributed by atoms with E-state index in [1.165, 1.54) is 16.7 Å². The number of phenolic OH excluding ortho intramolecular Hbond substituents is 1. The number of benzene rings is 3. The van der Waals surface area contributed by atoms with E-state index in [-0.39, 0.29) is 5.75 Å². The molecule has 1 heterocycles. The summed E-state index contributed by atoms with van der Waals surface area (Å²) in [5.74, 6) is 0.278. The fourth-order valence-electron chi connectivity index (χ4n) is 3.33. The first-order valence-electron chi connectivity index (χ1n) is 9.32. The second kappa shape index (κ2) is 7.93. The zero-order valence-electron chi connectivity index (χ0n) is 15.8. The average molecular weight is 364 g/mol. The third-order valence-electron chi connectivity index (χ3n) is 4.81. The van der Waals surface area contributed by atoms with Crippen LogP contribution in [0.4, 0.5) is 0 Å². The molecule has 28 heavy (non-hydrogen) atoms. The predicted octanol–water partition coefficient (Wildman–Crippen LogP) is 5.72. The van der Waals surface area contributed by atoms with Crippen molar-refractivity contribution < 1.29 is 9.67 Å². The SMILES string of the molecule is C[n+]1cc(-c2ccccc2)c(/C=C/c2ccc(O)cc2)cc1-c1ccccc1. The number of nitrogens with zero attached hydrogens (tertiary/aromatic N) is 1. The Bertz CT molecular complexity index is 1100. The van der Waals surface area contributed by atoms with Crippen LogP contribution in [0.15, 0.2) is 97.2 Å². The number of hydrogen-bond acceptors (Lipinski definition) is 1. The number of rotatable bonds is 4. The van der Waals surface area contributed by atoms with Crippen LogP contribution in [0.5, 0.6) is 5.75 Å². The maximum absolute atomic E-state index is 9.50. The van der Waals surface area contributed by atoms with E-state index in [1.54, 1.807) is 12.1 Å². The van der Waals surface area contributed by atoms with Gasteiger partial charge in [0.25, 0.3) is 0 Å². The van der Waals surface area contributed by atoms with Gasteiger partial charge in [-0.2, -0.15) is 0 Å². The van der Waals surface area contributed by atoms with Gasteiger partial charge in [-0.15, -0.1) is 0 Å². The second-order valence-corrected chi connectivity index (χ2v) is 6.80. The smallest absolute Gasteiger partial charge is 0.212 e. The Morgan fingerprint density at radius 2 is 1.32 bits per heavy atom. The van der Waals surface area contributed by atoms with Crippen LogP contribution in [0.2, 0.25) is 0 Å². The molecule has 1 aromatic heterocycles. The van der Waals surface area contributed by atoms with E-state index in [1.807, 2.05) is 24.3 Å². The van der Waals surface area contributed by atoms with Crippen molar-refractivity contribution in [2.24, 2.45) is 7.05 Å². The first kappa shape index (κ1) is 17.7. The summed E-state index contributed by atoms with van der Waals surface area (Å²) in [6.45, 7) is 0. The van der Waals surface area contributed by atoms with Crippen LogP contribution in [0.25, 0.3) is 34.5 Å². The lowest BCUT2D eigenvalue weighted by molar-refractivity contribution is -0.659. The van der Waals surface area contributed by atoms with Crippen LogP contribution in [0.3, 0.4) is 0 Å². The maximum atomic E-state index is 9.50. The van der Waals surface area contributed by atoms with Gasteiger partial charge in [-0.25, -0.2) is 4.57 Å². The second-order valence-electron chi connectivity index (χ2n) is 6.80. The van der Waals surface area contributed by atoms with E-state index in [0.717, 1.165) is 16.8 Å². The number of aromatic hydroxyl groups is 1. The Morgan fingerprint density at radius 3 is 1.96 bits per heavy atom. The molecule has 0 radical (unpaired) electrons. The highest BCUT2D eigenvalue weighted by Crippen LogP contribution is 2.27. The number of aromatic nitrogens is 1. The molecule has 0 bridgehead atoms. The van der Waals surface area contributed by atoms with Crippen LogP contribution in [0.1, 0.15) is 11.1 Å². The van der Waals surface area contributed by atoms with E-state index < -0.39 is 0 Å². The van der Waals surface area contributed by atoms with Gasteiger partial charge in [0.05, 0.1) is 5.56 Å². The summed E-state index contributed by atoms with van der Waals surface area (Å²) < 4.78 is 2.18. The van der Waals surface area contributed by atoms with Crippen molar-refractivity contribution in [1.29, 1.82) is 0 Å². The third kappa shape index (κ3) is 3.86. The summed E-state index contributed by atoms with van der Waals surface area (Å²) in [4.78, 5) is 0. The van der Waals surface area contributed by atoms with Crippen molar-refractivity contribution >= 4 is 12.2 Å². The van der Waals surface area contributed by atoms with Crippen LogP contribution in [-0.2, 0) is 7.05 Å². The molecule has 0 atom stereocenters. The molecule has 1 N–H and O–H groups in total. The number of phenols is 1. The van der Waals surface area contributed by atoms with Crippen molar-refractivity contribution in [3.63, 3.8) is 0 Å². The molecule has 0 saturated heterocycles. The van der Waals surface area contributed by atoms with E-state index in [0.29, 0.717) is 0 Å². The Kier molecular flexibility index (Phi) is 5.03. The van der Waals surface area contributed by atoms with Gasteiger partial charge < -0.3 is 5.11 Å². The molecule has 0 aliphatic carbocycles. The standard InChI is InChI=1S/C26H21NO/c1-27-19-25(21-8-4-2-5-9-21)23(15-12-20-13-16-24(28)17-14-20)18-26(27)22-10-6-3-7-11-22/h2-19H,1H3/p+1. The van der Waals surface area contributed by atoms with Crippen LogP contribution in [-0.4, -0.2) is 5.11 Å². The summed E-state index contributed by atoms with van der Waals surface area (Å²) >= 11 is 0. The fraction of sp³-hybridized carbons (Fsp3) is 0.0385. The minimum atomic E-state index is 0.278. The molecule has 2 nitrogen and oxygen atoms in total. The number of hydrogen-bond donors (Lipinski definition) is 1. The highest BCUT2D eigenvalue weighted by molar-refractivity contribution is 5.81. The first-order chi connectivity index (χ1) is 13.7. The molecule has 0 saturated carbocycles. The van der Waals surface area contributed by atoms with Gasteiger partial charge in [-0.05, 0) is 41.0 Å². The molecule has 0 aliphatic rings. The van der Waals surface area contributed by atoms with Gasteiger partial charge >= 0.3 is 0 Å². The molecule has 0 aliphatic heterocycles. The van der Waals surface area contributed by atoms with Gasteiger partial charge in [0.15, 0.2) is 6.20 Å². The van der Waals surface area contributed by atoms with Gasteiger partial charge in [-0.1, -0.05) is 72.8 Å². The molecular formula is C26H22NO+. The van der Waals surface area contributed by atoms with Crippen molar-refractivity contribution in [2.45, 2.75) is 0 Å². The van der Waals surface area contributed by atoms with Gasteiger partial charge in [0.1, 0.15) is 12.8 Å². The monoisotopic (exact) mass is 364 g/mol. The largest absolute Gasteiger partial charge is 0.508 e. The summed E-state index contributed by atoms with van der Waals surface area (Å²) in [5.41, 5.74) is 6.90. The van der Waals surface area contributed by atoms with E-state index in [4.69, 9.17) is 0 Å². The summed E-state index contributed by atoms with van der Waals surface area (Å²) in [7, 11) is 2.09. The first-order valence-corrected chi connectivity index (χ1v) is 9.32. The summed E-state index contributed by atoms with van der Waals surface area (Å²) in [6, 6.07) is 30.3.